The van der Waals surface area contributed by atoms with Gasteiger partial charge in [0.2, 0.25) is 0 Å². The molecule has 2 N–H and O–H groups in total. The Balaban J connectivity index is 1.81. The molecular formula is C22H23N2O2+. The first-order valence-corrected chi connectivity index (χ1v) is 9.06. The number of hydrogen-bond donors (Lipinski definition) is 1. The summed E-state index contributed by atoms with van der Waals surface area (Å²) in [6.07, 6.45) is 8.00. The number of carbonyl (C=O) groups excluding carboxylic acids is 1. The summed E-state index contributed by atoms with van der Waals surface area (Å²) < 4.78 is 6.30. The number of amides is 1. The molecule has 2 aromatic carbocycles. The van der Waals surface area contributed by atoms with Gasteiger partial charge in [0.25, 0.3) is 0 Å². The van der Waals surface area contributed by atoms with Crippen LogP contribution >= 0.6 is 0 Å². The Morgan fingerprint density at radius 2 is 1.81 bits per heavy atom. The Bertz CT molecular complexity index is 869. The summed E-state index contributed by atoms with van der Waals surface area (Å²) in [4.78, 5) is 13.3. The van der Waals surface area contributed by atoms with Gasteiger partial charge in [-0.15, -0.1) is 0 Å². The molecule has 4 nitrogen and oxygen atoms in total. The van der Waals surface area contributed by atoms with E-state index >= 15 is 0 Å². The molecule has 1 saturated carbocycles. The zero-order chi connectivity index (χ0) is 18.0. The van der Waals surface area contributed by atoms with Crippen LogP contribution < -0.4 is 15.0 Å². The summed E-state index contributed by atoms with van der Waals surface area (Å²) in [6, 6.07) is 17.5. The Morgan fingerprint density at radius 1 is 1.08 bits per heavy atom. The van der Waals surface area contributed by atoms with Crippen LogP contribution in [0.15, 0.2) is 78.5 Å². The third-order valence-electron chi connectivity index (χ3n) is 4.93. The molecule has 1 heterocycles. The van der Waals surface area contributed by atoms with Crippen LogP contribution in [-0.4, -0.2) is 19.0 Å². The van der Waals surface area contributed by atoms with Gasteiger partial charge in [-0.25, -0.2) is 4.79 Å². The molecule has 1 atom stereocenters. The molecule has 1 fully saturated rings. The van der Waals surface area contributed by atoms with Crippen molar-refractivity contribution in [3.8, 4) is 11.5 Å². The third-order valence-corrected chi connectivity index (χ3v) is 4.93. The van der Waals surface area contributed by atoms with Gasteiger partial charge in [-0.05, 0) is 37.1 Å². The molecule has 1 amide bonds. The van der Waals surface area contributed by atoms with Crippen LogP contribution in [0.1, 0.15) is 12.8 Å². The molecule has 0 saturated heterocycles. The van der Waals surface area contributed by atoms with Gasteiger partial charge >= 0.3 is 5.91 Å². The van der Waals surface area contributed by atoms with E-state index < -0.39 is 0 Å². The maximum Gasteiger partial charge on any atom is 0.326 e. The molecule has 0 radical (unpaired) electrons. The second kappa shape index (κ2) is 6.90. The van der Waals surface area contributed by atoms with E-state index in [0.717, 1.165) is 29.9 Å². The summed E-state index contributed by atoms with van der Waals surface area (Å²) in [5.41, 5.74) is 7.72. The maximum atomic E-state index is 13.3. The highest BCUT2D eigenvalue weighted by molar-refractivity contribution is 5.95. The Hall–Kier alpha value is -2.69. The minimum Gasteiger partial charge on any atom is -0.451 e. The normalized spacial score (nSPS) is 22.0. The largest absolute Gasteiger partial charge is 0.451 e. The lowest BCUT2D eigenvalue weighted by Gasteiger charge is -2.34. The molecule has 2 aliphatic rings. The number of benzene rings is 2. The Morgan fingerprint density at radius 3 is 2.54 bits per heavy atom. The molecule has 1 aliphatic heterocycles. The van der Waals surface area contributed by atoms with Gasteiger partial charge in [0.1, 0.15) is 18.5 Å². The second-order valence-electron chi connectivity index (χ2n) is 6.86. The smallest absolute Gasteiger partial charge is 0.326 e. The summed E-state index contributed by atoms with van der Waals surface area (Å²) in [7, 11) is 0. The monoisotopic (exact) mass is 347 g/mol. The molecule has 2 aromatic rings. The fraction of sp³-hybridized carbons (Fsp3) is 0.227. The van der Waals surface area contributed by atoms with E-state index in [4.69, 9.17) is 10.5 Å². The topological polar surface area (TPSA) is 52.3 Å². The first-order valence-electron chi connectivity index (χ1n) is 9.06. The van der Waals surface area contributed by atoms with Gasteiger partial charge in [-0.2, -0.15) is 4.48 Å². The zero-order valence-corrected chi connectivity index (χ0v) is 14.7. The van der Waals surface area contributed by atoms with E-state index in [2.05, 4.69) is 0 Å². The Kier molecular flexibility index (Phi) is 4.45. The van der Waals surface area contributed by atoms with Crippen molar-refractivity contribution < 1.29 is 9.53 Å². The van der Waals surface area contributed by atoms with E-state index in [-0.39, 0.29) is 16.3 Å². The van der Waals surface area contributed by atoms with Crippen molar-refractivity contribution in [3.63, 3.8) is 0 Å². The summed E-state index contributed by atoms with van der Waals surface area (Å²) in [5, 5.41) is 0. The number of carbonyl (C=O) groups is 1. The van der Waals surface area contributed by atoms with Crippen LogP contribution in [0.2, 0.25) is 0 Å². The van der Waals surface area contributed by atoms with Crippen LogP contribution in [0.25, 0.3) is 0 Å². The molecule has 26 heavy (non-hydrogen) atoms. The predicted octanol–water partition coefficient (Wildman–Crippen LogP) is 4.14. The first kappa shape index (κ1) is 16.8. The van der Waals surface area contributed by atoms with Crippen molar-refractivity contribution in [3.05, 3.63) is 78.5 Å². The minimum atomic E-state index is 0.126. The van der Waals surface area contributed by atoms with Crippen molar-refractivity contribution in [2.75, 3.05) is 13.1 Å². The predicted molar refractivity (Wildman–Crippen MR) is 104 cm³/mol. The van der Waals surface area contributed by atoms with E-state index in [1.54, 1.807) is 0 Å². The standard InChI is InChI=1S/C22H23N2O2/c23-15-17-7-6-14-24(16-17,22(25)18-12-13-18)20-10-4-5-11-21(20)26-19-8-2-1-3-9-19/h1-11,16,18H,12-15,23H2/q+1. The number of ether oxygens (including phenoxy) is 1. The van der Waals surface area contributed by atoms with Gasteiger partial charge in [-0.3, -0.25) is 0 Å². The van der Waals surface area contributed by atoms with Gasteiger partial charge in [-0.1, -0.05) is 36.4 Å². The average molecular weight is 347 g/mol. The van der Waals surface area contributed by atoms with Crippen molar-refractivity contribution in [2.45, 2.75) is 12.8 Å². The van der Waals surface area contributed by atoms with E-state index in [1.807, 2.05) is 72.9 Å². The van der Waals surface area contributed by atoms with Gasteiger partial charge in [0.15, 0.2) is 11.4 Å². The number of hydrogen-bond acceptors (Lipinski definition) is 3. The molecule has 0 bridgehead atoms. The number of quaternary nitrogens is 1. The minimum absolute atomic E-state index is 0.126. The molecule has 1 aliphatic carbocycles. The molecular weight excluding hydrogens is 324 g/mol. The number of nitrogens with zero attached hydrogens (tertiary/aromatic N) is 1. The SMILES string of the molecule is NCC1=C[N+](C(=O)C2CC2)(c2ccccc2Oc2ccccc2)CC=C1. The van der Waals surface area contributed by atoms with Crippen molar-refractivity contribution in [1.82, 2.24) is 4.48 Å². The molecule has 132 valence electrons. The summed E-state index contributed by atoms with van der Waals surface area (Å²) >= 11 is 0. The molecule has 4 heteroatoms. The second-order valence-corrected chi connectivity index (χ2v) is 6.86. The zero-order valence-electron chi connectivity index (χ0n) is 14.7. The summed E-state index contributed by atoms with van der Waals surface area (Å²) in [5.74, 6) is 1.81. The van der Waals surface area contributed by atoms with Gasteiger partial charge < -0.3 is 10.5 Å². The Labute approximate surface area is 153 Å². The average Bonchev–Trinajstić information content (AvgIpc) is 3.54. The highest BCUT2D eigenvalue weighted by Gasteiger charge is 2.48. The molecule has 0 spiro atoms. The van der Waals surface area contributed by atoms with E-state index in [9.17, 15) is 4.79 Å². The van der Waals surface area contributed by atoms with Crippen molar-refractivity contribution in [2.24, 2.45) is 11.7 Å². The quantitative estimate of drug-likeness (QED) is 0.827. The van der Waals surface area contributed by atoms with Crippen LogP contribution in [0.5, 0.6) is 11.5 Å². The van der Waals surface area contributed by atoms with Crippen LogP contribution in [0, 0.1) is 5.92 Å². The van der Waals surface area contributed by atoms with Crippen LogP contribution in [0.4, 0.5) is 5.69 Å². The van der Waals surface area contributed by atoms with Gasteiger partial charge in [0.05, 0.1) is 5.92 Å². The van der Waals surface area contributed by atoms with Crippen LogP contribution in [0.3, 0.4) is 0 Å². The highest BCUT2D eigenvalue weighted by atomic mass is 16.5. The molecule has 0 aromatic heterocycles. The van der Waals surface area contributed by atoms with E-state index in [0.29, 0.717) is 18.8 Å². The summed E-state index contributed by atoms with van der Waals surface area (Å²) in [6.45, 7) is 1.00. The first-order chi connectivity index (χ1) is 12.7. The highest BCUT2D eigenvalue weighted by Crippen LogP contribution is 2.43. The van der Waals surface area contributed by atoms with Gasteiger partial charge in [0, 0.05) is 18.2 Å². The fourth-order valence-corrected chi connectivity index (χ4v) is 3.45. The fourth-order valence-electron chi connectivity index (χ4n) is 3.45. The molecule has 1 unspecified atom stereocenters. The van der Waals surface area contributed by atoms with Crippen LogP contribution in [-0.2, 0) is 4.79 Å². The number of para-hydroxylation sites is 3. The molecule has 4 rings (SSSR count). The maximum absolute atomic E-state index is 13.3. The van der Waals surface area contributed by atoms with E-state index in [1.165, 1.54) is 0 Å². The lowest BCUT2D eigenvalue weighted by molar-refractivity contribution is -0.129. The van der Waals surface area contributed by atoms with Crippen molar-refractivity contribution in [1.29, 1.82) is 0 Å². The lowest BCUT2D eigenvalue weighted by Crippen LogP contribution is -2.52. The lowest BCUT2D eigenvalue weighted by atomic mass is 10.1. The number of nitrogens with two attached hydrogens (primary N) is 1. The third kappa shape index (κ3) is 3.09. The van der Waals surface area contributed by atoms with Crippen molar-refractivity contribution >= 4 is 11.6 Å². The number of rotatable bonds is 5.